The molecule has 2 aliphatic rings. The van der Waals surface area contributed by atoms with E-state index in [0.717, 1.165) is 19.4 Å². The summed E-state index contributed by atoms with van der Waals surface area (Å²) in [4.78, 5) is 14.0. The number of carboxylic acid groups (broad SMARTS) is 1. The number of aryl methyl sites for hydroxylation is 1. The quantitative estimate of drug-likeness (QED) is 0.913. The monoisotopic (exact) mass is 315 g/mol. The zero-order valence-corrected chi connectivity index (χ0v) is 14.6. The lowest BCUT2D eigenvalue weighted by molar-refractivity contribution is 0.0224. The van der Waals surface area contributed by atoms with Gasteiger partial charge < -0.3 is 10.0 Å². The highest BCUT2D eigenvalue weighted by Gasteiger charge is 2.48. The Labute approximate surface area is 139 Å². The standard InChI is InChI=1S/C20H29NO2/c1-4-15-8-9-16(19(22)23)13-18(15)20-10-6-5-7-17(20)14(2)21(3)12-11-20/h8-9,13-14,17H,4-7,10-12H2,1-3H3,(H,22,23). The molecule has 3 rings (SSSR count). The van der Waals surface area contributed by atoms with Gasteiger partial charge in [0.05, 0.1) is 5.56 Å². The normalized spacial score (nSPS) is 31.6. The maximum atomic E-state index is 11.5. The van der Waals surface area contributed by atoms with Crippen molar-refractivity contribution in [3.63, 3.8) is 0 Å². The second kappa shape index (κ2) is 6.27. The predicted octanol–water partition coefficient (Wildman–Crippen LogP) is 4.10. The average molecular weight is 315 g/mol. The van der Waals surface area contributed by atoms with Gasteiger partial charge in [-0.2, -0.15) is 0 Å². The van der Waals surface area contributed by atoms with Gasteiger partial charge in [0, 0.05) is 11.5 Å². The Balaban J connectivity index is 2.13. The number of carboxylic acids is 1. The second-order valence-corrected chi connectivity index (χ2v) is 7.51. The Kier molecular flexibility index (Phi) is 4.50. The molecule has 23 heavy (non-hydrogen) atoms. The van der Waals surface area contributed by atoms with Gasteiger partial charge in [-0.25, -0.2) is 4.79 Å². The number of benzene rings is 1. The summed E-state index contributed by atoms with van der Waals surface area (Å²) < 4.78 is 0. The molecule has 126 valence electrons. The molecule has 2 fully saturated rings. The van der Waals surface area contributed by atoms with E-state index in [1.807, 2.05) is 6.07 Å². The Hall–Kier alpha value is -1.35. The fourth-order valence-electron chi connectivity index (χ4n) is 5.12. The lowest BCUT2D eigenvalue weighted by atomic mass is 9.56. The summed E-state index contributed by atoms with van der Waals surface area (Å²) >= 11 is 0. The molecule has 0 aromatic heterocycles. The number of hydrogen-bond acceptors (Lipinski definition) is 2. The van der Waals surface area contributed by atoms with Crippen LogP contribution in [-0.4, -0.2) is 35.6 Å². The molecule has 1 N–H and O–H groups in total. The van der Waals surface area contributed by atoms with Crippen molar-refractivity contribution in [2.24, 2.45) is 5.92 Å². The van der Waals surface area contributed by atoms with Crippen LogP contribution in [0.1, 0.15) is 67.4 Å². The van der Waals surface area contributed by atoms with Crippen molar-refractivity contribution in [3.05, 3.63) is 34.9 Å². The van der Waals surface area contributed by atoms with Gasteiger partial charge in [0.25, 0.3) is 0 Å². The average Bonchev–Trinajstić information content (AvgIpc) is 2.57. The number of nitrogens with zero attached hydrogens (tertiary/aromatic N) is 1. The van der Waals surface area contributed by atoms with Crippen molar-refractivity contribution in [1.82, 2.24) is 4.90 Å². The number of likely N-dealkylation sites (tertiary alicyclic amines) is 1. The summed E-state index contributed by atoms with van der Waals surface area (Å²) in [6.07, 6.45) is 7.21. The Morgan fingerprint density at radius 3 is 2.83 bits per heavy atom. The Morgan fingerprint density at radius 2 is 2.13 bits per heavy atom. The SMILES string of the molecule is CCc1ccc(C(=O)O)cc1C12CCCCC1C(C)N(C)CC2. The summed E-state index contributed by atoms with van der Waals surface area (Å²) in [5, 5.41) is 9.45. The molecular weight excluding hydrogens is 286 g/mol. The minimum atomic E-state index is -0.807. The van der Waals surface area contributed by atoms with E-state index >= 15 is 0 Å². The third kappa shape index (κ3) is 2.69. The number of aromatic carboxylic acids is 1. The first kappa shape index (κ1) is 16.5. The molecule has 1 heterocycles. The first-order valence-corrected chi connectivity index (χ1v) is 9.06. The van der Waals surface area contributed by atoms with Gasteiger partial charge in [-0.1, -0.05) is 25.8 Å². The molecule has 3 heteroatoms. The second-order valence-electron chi connectivity index (χ2n) is 7.51. The topological polar surface area (TPSA) is 40.5 Å². The fourth-order valence-corrected chi connectivity index (χ4v) is 5.12. The molecule has 3 nitrogen and oxygen atoms in total. The van der Waals surface area contributed by atoms with E-state index in [1.54, 1.807) is 6.07 Å². The van der Waals surface area contributed by atoms with Gasteiger partial charge in [-0.15, -0.1) is 0 Å². The molecular formula is C20H29NO2. The van der Waals surface area contributed by atoms with Gasteiger partial charge >= 0.3 is 5.97 Å². The number of hydrogen-bond donors (Lipinski definition) is 1. The van der Waals surface area contributed by atoms with Crippen LogP contribution in [0.4, 0.5) is 0 Å². The van der Waals surface area contributed by atoms with E-state index in [-0.39, 0.29) is 5.41 Å². The van der Waals surface area contributed by atoms with Crippen molar-refractivity contribution in [2.45, 2.75) is 63.8 Å². The fraction of sp³-hybridized carbons (Fsp3) is 0.650. The van der Waals surface area contributed by atoms with Crippen molar-refractivity contribution in [2.75, 3.05) is 13.6 Å². The zero-order valence-electron chi connectivity index (χ0n) is 14.6. The van der Waals surface area contributed by atoms with Crippen LogP contribution in [-0.2, 0) is 11.8 Å². The minimum absolute atomic E-state index is 0.182. The Morgan fingerprint density at radius 1 is 1.35 bits per heavy atom. The summed E-state index contributed by atoms with van der Waals surface area (Å²) in [5.41, 5.74) is 3.31. The maximum Gasteiger partial charge on any atom is 0.335 e. The molecule has 0 spiro atoms. The molecule has 1 aromatic rings. The van der Waals surface area contributed by atoms with Crippen LogP contribution in [0.2, 0.25) is 0 Å². The molecule has 1 saturated heterocycles. The summed E-state index contributed by atoms with van der Waals surface area (Å²) in [5.74, 6) is -0.164. The predicted molar refractivity (Wildman–Crippen MR) is 93.1 cm³/mol. The molecule has 0 amide bonds. The third-order valence-corrected chi connectivity index (χ3v) is 6.56. The van der Waals surface area contributed by atoms with Crippen LogP contribution in [0, 0.1) is 5.92 Å². The molecule has 1 aliphatic carbocycles. The van der Waals surface area contributed by atoms with E-state index in [2.05, 4.69) is 31.9 Å². The highest BCUT2D eigenvalue weighted by molar-refractivity contribution is 5.88. The largest absolute Gasteiger partial charge is 0.478 e. The zero-order chi connectivity index (χ0) is 16.6. The molecule has 1 aromatic carbocycles. The van der Waals surface area contributed by atoms with Crippen LogP contribution in [0.25, 0.3) is 0 Å². The van der Waals surface area contributed by atoms with Gasteiger partial charge in [0.1, 0.15) is 0 Å². The minimum Gasteiger partial charge on any atom is -0.478 e. The van der Waals surface area contributed by atoms with Crippen molar-refractivity contribution in [1.29, 1.82) is 0 Å². The van der Waals surface area contributed by atoms with E-state index in [9.17, 15) is 9.90 Å². The molecule has 1 aliphatic heterocycles. The first-order valence-electron chi connectivity index (χ1n) is 9.06. The number of piperidine rings is 1. The van der Waals surface area contributed by atoms with Crippen molar-refractivity contribution in [3.8, 4) is 0 Å². The molecule has 0 bridgehead atoms. The van der Waals surface area contributed by atoms with E-state index in [4.69, 9.17) is 0 Å². The van der Waals surface area contributed by atoms with Crippen LogP contribution >= 0.6 is 0 Å². The summed E-state index contributed by atoms with van der Waals surface area (Å²) in [6.45, 7) is 5.65. The van der Waals surface area contributed by atoms with E-state index in [0.29, 0.717) is 17.5 Å². The lowest BCUT2D eigenvalue weighted by Crippen LogP contribution is -2.55. The Bertz CT molecular complexity index is 597. The molecule has 3 unspecified atom stereocenters. The summed E-state index contributed by atoms with van der Waals surface area (Å²) in [6, 6.07) is 6.40. The van der Waals surface area contributed by atoms with Gasteiger partial charge in [0.2, 0.25) is 0 Å². The van der Waals surface area contributed by atoms with Gasteiger partial charge in [-0.3, -0.25) is 0 Å². The van der Waals surface area contributed by atoms with Gasteiger partial charge in [-0.05, 0) is 75.4 Å². The van der Waals surface area contributed by atoms with Crippen LogP contribution in [0.3, 0.4) is 0 Å². The van der Waals surface area contributed by atoms with Crippen LogP contribution < -0.4 is 0 Å². The first-order chi connectivity index (χ1) is 11.0. The van der Waals surface area contributed by atoms with Crippen LogP contribution in [0.5, 0.6) is 0 Å². The maximum absolute atomic E-state index is 11.5. The highest BCUT2D eigenvalue weighted by Crippen LogP contribution is 2.52. The van der Waals surface area contributed by atoms with Gasteiger partial charge in [0.15, 0.2) is 0 Å². The third-order valence-electron chi connectivity index (χ3n) is 6.56. The highest BCUT2D eigenvalue weighted by atomic mass is 16.4. The molecule has 3 atom stereocenters. The molecule has 1 saturated carbocycles. The number of carbonyl (C=O) groups is 1. The molecule has 0 radical (unpaired) electrons. The van der Waals surface area contributed by atoms with Crippen LogP contribution in [0.15, 0.2) is 18.2 Å². The van der Waals surface area contributed by atoms with E-state index in [1.165, 1.54) is 36.8 Å². The number of rotatable bonds is 3. The smallest absolute Gasteiger partial charge is 0.335 e. The van der Waals surface area contributed by atoms with E-state index < -0.39 is 5.97 Å². The lowest BCUT2D eigenvalue weighted by Gasteiger charge is -2.54. The van der Waals surface area contributed by atoms with Crippen molar-refractivity contribution >= 4 is 5.97 Å². The van der Waals surface area contributed by atoms with Crippen molar-refractivity contribution < 1.29 is 9.90 Å². The number of fused-ring (bicyclic) bond motifs is 1. The summed E-state index contributed by atoms with van der Waals surface area (Å²) in [7, 11) is 2.23.